The second-order valence-corrected chi connectivity index (χ2v) is 5.11. The Hall–Kier alpha value is -3.22. The first-order chi connectivity index (χ1) is 11.7. The van der Waals surface area contributed by atoms with Crippen LogP contribution in [0.3, 0.4) is 0 Å². The predicted octanol–water partition coefficient (Wildman–Crippen LogP) is 2.41. The van der Waals surface area contributed by atoms with Gasteiger partial charge in [0.05, 0.1) is 20.8 Å². The molecule has 0 spiro atoms. The fraction of sp³-hybridized carbons (Fsp3) is 0.176. The number of hydrogen-bond donors (Lipinski definition) is 3. The molecule has 0 unspecified atom stereocenters. The van der Waals surface area contributed by atoms with E-state index in [-0.39, 0.29) is 5.96 Å². The van der Waals surface area contributed by atoms with Crippen molar-refractivity contribution in [1.82, 2.24) is 0 Å². The second kappa shape index (κ2) is 6.91. The molecule has 0 aromatic heterocycles. The number of nitrogens with two attached hydrogens (primary N) is 1. The van der Waals surface area contributed by atoms with Gasteiger partial charge >= 0.3 is 0 Å². The van der Waals surface area contributed by atoms with E-state index in [1.54, 1.807) is 26.4 Å². The Morgan fingerprint density at radius 2 is 1.96 bits per heavy atom. The molecule has 1 heterocycles. The lowest BCUT2D eigenvalue weighted by Crippen LogP contribution is -2.27. The number of guanidine groups is 2. The summed E-state index contributed by atoms with van der Waals surface area (Å²) in [6.07, 6.45) is 0. The van der Waals surface area contributed by atoms with Crippen LogP contribution in [0.4, 0.5) is 11.4 Å². The van der Waals surface area contributed by atoms with Crippen LogP contribution in [-0.2, 0) is 6.54 Å². The molecule has 2 aromatic carbocycles. The van der Waals surface area contributed by atoms with E-state index in [9.17, 15) is 0 Å². The van der Waals surface area contributed by atoms with Crippen molar-refractivity contribution in [2.24, 2.45) is 15.7 Å². The van der Waals surface area contributed by atoms with Gasteiger partial charge in [-0.1, -0.05) is 18.2 Å². The van der Waals surface area contributed by atoms with E-state index >= 15 is 0 Å². The summed E-state index contributed by atoms with van der Waals surface area (Å²) in [7, 11) is 3.17. The zero-order valence-corrected chi connectivity index (χ0v) is 13.5. The van der Waals surface area contributed by atoms with E-state index in [1.807, 2.05) is 30.3 Å². The first-order valence-corrected chi connectivity index (χ1v) is 7.42. The third kappa shape index (κ3) is 3.40. The largest absolute Gasteiger partial charge is 0.493 e. The van der Waals surface area contributed by atoms with Crippen LogP contribution >= 0.6 is 0 Å². The standard InChI is InChI=1S/C17H19N5O2/c1-23-14-8-7-12(9-15(14)24-2)20-16(18)22-17-19-10-11-5-3-4-6-13(11)21-17/h3-9H,10H2,1-2H3,(H4,18,19,20,21,22). The third-order valence-corrected chi connectivity index (χ3v) is 3.55. The summed E-state index contributed by atoms with van der Waals surface area (Å²) in [5.74, 6) is 1.96. The first kappa shape index (κ1) is 15.7. The van der Waals surface area contributed by atoms with E-state index in [0.29, 0.717) is 24.0 Å². The molecule has 1 aliphatic rings. The second-order valence-electron chi connectivity index (χ2n) is 5.11. The highest BCUT2D eigenvalue weighted by Gasteiger charge is 2.11. The van der Waals surface area contributed by atoms with Crippen molar-refractivity contribution in [3.05, 3.63) is 48.0 Å². The molecule has 0 bridgehead atoms. The number of nitrogens with one attached hydrogen (secondary N) is 2. The Bertz CT molecular complexity index is 801. The minimum atomic E-state index is 0.229. The highest BCUT2D eigenvalue weighted by molar-refractivity contribution is 6.06. The normalized spacial score (nSPS) is 13.4. The van der Waals surface area contributed by atoms with Gasteiger partial charge in [0, 0.05) is 17.4 Å². The van der Waals surface area contributed by atoms with E-state index in [2.05, 4.69) is 20.6 Å². The molecule has 0 atom stereocenters. The Kier molecular flexibility index (Phi) is 4.51. The van der Waals surface area contributed by atoms with Gasteiger partial charge < -0.3 is 25.8 Å². The average Bonchev–Trinajstić information content (AvgIpc) is 2.61. The smallest absolute Gasteiger partial charge is 0.226 e. The van der Waals surface area contributed by atoms with Gasteiger partial charge in [0.25, 0.3) is 0 Å². The van der Waals surface area contributed by atoms with Crippen LogP contribution in [0.2, 0.25) is 0 Å². The topological polar surface area (TPSA) is 93.3 Å². The number of methoxy groups -OCH3 is 2. The van der Waals surface area contributed by atoms with Gasteiger partial charge in [-0.3, -0.25) is 0 Å². The molecule has 3 rings (SSSR count). The van der Waals surface area contributed by atoms with E-state index < -0.39 is 0 Å². The number of nitrogens with zero attached hydrogens (tertiary/aromatic N) is 2. The number of benzene rings is 2. The monoisotopic (exact) mass is 325 g/mol. The molecular formula is C17H19N5O2. The van der Waals surface area contributed by atoms with Crippen LogP contribution in [0.5, 0.6) is 11.5 Å². The molecule has 1 aliphatic heterocycles. The number of rotatable bonds is 3. The average molecular weight is 325 g/mol. The van der Waals surface area contributed by atoms with Crippen LogP contribution in [0, 0.1) is 0 Å². The van der Waals surface area contributed by atoms with Crippen LogP contribution in [0.25, 0.3) is 0 Å². The summed E-state index contributed by atoms with van der Waals surface area (Å²) < 4.78 is 10.5. The van der Waals surface area contributed by atoms with Crippen LogP contribution in [0.1, 0.15) is 5.56 Å². The van der Waals surface area contributed by atoms with Gasteiger partial charge in [-0.15, -0.1) is 0 Å². The number of hydrogen-bond acceptors (Lipinski definition) is 5. The van der Waals surface area contributed by atoms with Gasteiger partial charge in [0.15, 0.2) is 11.5 Å². The minimum absolute atomic E-state index is 0.229. The van der Waals surface area contributed by atoms with E-state index in [0.717, 1.165) is 16.9 Å². The molecule has 0 amide bonds. The number of anilines is 2. The Morgan fingerprint density at radius 3 is 2.75 bits per heavy atom. The van der Waals surface area contributed by atoms with Gasteiger partial charge in [-0.25, -0.2) is 4.99 Å². The summed E-state index contributed by atoms with van der Waals surface area (Å²) in [4.78, 5) is 8.65. The molecular weight excluding hydrogens is 306 g/mol. The first-order valence-electron chi connectivity index (χ1n) is 7.42. The van der Waals surface area contributed by atoms with Gasteiger partial charge in [-0.05, 0) is 23.8 Å². The lowest BCUT2D eigenvalue weighted by atomic mass is 10.1. The maximum Gasteiger partial charge on any atom is 0.226 e. The van der Waals surface area contributed by atoms with Crippen molar-refractivity contribution in [1.29, 1.82) is 0 Å². The van der Waals surface area contributed by atoms with Crippen molar-refractivity contribution < 1.29 is 9.47 Å². The summed E-state index contributed by atoms with van der Waals surface area (Å²) in [5, 5.41) is 6.16. The molecule has 2 aromatic rings. The van der Waals surface area contributed by atoms with Crippen LogP contribution in [0.15, 0.2) is 52.4 Å². The van der Waals surface area contributed by atoms with Crippen molar-refractivity contribution in [3.63, 3.8) is 0 Å². The van der Waals surface area contributed by atoms with Crippen LogP contribution in [-0.4, -0.2) is 26.1 Å². The van der Waals surface area contributed by atoms with Gasteiger partial charge in [0.1, 0.15) is 0 Å². The highest BCUT2D eigenvalue weighted by atomic mass is 16.5. The Morgan fingerprint density at radius 1 is 1.17 bits per heavy atom. The van der Waals surface area contributed by atoms with Crippen molar-refractivity contribution >= 4 is 23.3 Å². The maximum atomic E-state index is 5.96. The Labute approximate surface area is 140 Å². The highest BCUT2D eigenvalue weighted by Crippen LogP contribution is 2.29. The quantitative estimate of drug-likeness (QED) is 0.595. The molecule has 0 saturated carbocycles. The lowest BCUT2D eigenvalue weighted by Gasteiger charge is -2.16. The number of para-hydroxylation sites is 1. The summed E-state index contributed by atoms with van der Waals surface area (Å²) in [6, 6.07) is 13.4. The third-order valence-electron chi connectivity index (χ3n) is 3.55. The SMILES string of the molecule is COc1ccc(NC(N)=NC2=NCc3ccccc3N2)cc1OC. The van der Waals surface area contributed by atoms with E-state index in [4.69, 9.17) is 15.2 Å². The molecule has 0 fully saturated rings. The minimum Gasteiger partial charge on any atom is -0.493 e. The molecule has 7 heteroatoms. The number of aliphatic imine (C=N–C) groups is 2. The fourth-order valence-electron chi connectivity index (χ4n) is 2.37. The van der Waals surface area contributed by atoms with Gasteiger partial charge in [0.2, 0.25) is 11.9 Å². The summed E-state index contributed by atoms with van der Waals surface area (Å²) in [6.45, 7) is 0.575. The van der Waals surface area contributed by atoms with Crippen molar-refractivity contribution in [2.45, 2.75) is 6.54 Å². The number of fused-ring (bicyclic) bond motifs is 1. The van der Waals surface area contributed by atoms with E-state index in [1.165, 1.54) is 0 Å². The molecule has 4 N–H and O–H groups in total. The molecule has 0 aliphatic carbocycles. The molecule has 0 radical (unpaired) electrons. The maximum absolute atomic E-state index is 5.96. The zero-order chi connectivity index (χ0) is 16.9. The lowest BCUT2D eigenvalue weighted by molar-refractivity contribution is 0.355. The molecule has 24 heavy (non-hydrogen) atoms. The Balaban J connectivity index is 1.72. The molecule has 124 valence electrons. The molecule has 7 nitrogen and oxygen atoms in total. The van der Waals surface area contributed by atoms with Crippen molar-refractivity contribution in [2.75, 3.05) is 24.9 Å². The van der Waals surface area contributed by atoms with Crippen LogP contribution < -0.4 is 25.8 Å². The fourth-order valence-corrected chi connectivity index (χ4v) is 2.37. The predicted molar refractivity (Wildman–Crippen MR) is 96.0 cm³/mol. The van der Waals surface area contributed by atoms with Gasteiger partial charge in [-0.2, -0.15) is 4.99 Å². The summed E-state index contributed by atoms with van der Waals surface area (Å²) in [5.41, 5.74) is 8.82. The number of ether oxygens (including phenoxy) is 2. The molecule has 0 saturated heterocycles. The zero-order valence-electron chi connectivity index (χ0n) is 13.5. The summed E-state index contributed by atoms with van der Waals surface area (Å²) >= 11 is 0. The van der Waals surface area contributed by atoms with Crippen molar-refractivity contribution in [3.8, 4) is 11.5 Å².